The van der Waals surface area contributed by atoms with E-state index in [0.717, 1.165) is 0 Å². The summed E-state index contributed by atoms with van der Waals surface area (Å²) >= 11 is 0. The molecule has 1 heterocycles. The molecule has 66 valence electrons. The molecule has 0 spiro atoms. The minimum Gasteiger partial charge on any atom is -0.394 e. The van der Waals surface area contributed by atoms with Crippen molar-refractivity contribution in [3.63, 3.8) is 0 Å². The Balaban J connectivity index is 3.04. The van der Waals surface area contributed by atoms with Crippen molar-refractivity contribution in [1.29, 1.82) is 0 Å². The van der Waals surface area contributed by atoms with E-state index in [9.17, 15) is 4.79 Å². The van der Waals surface area contributed by atoms with Crippen molar-refractivity contribution in [2.24, 2.45) is 5.73 Å². The third-order valence-electron chi connectivity index (χ3n) is 1.77. The standard InChI is InChI=1S/C8H12N2O2/c1-8(9,5-11)6-2-3-7(12)10-4-6/h2-4,11H,5,9H2,1H3,(H,10,12). The Kier molecular flexibility index (Phi) is 2.30. The fourth-order valence-corrected chi connectivity index (χ4v) is 0.857. The largest absolute Gasteiger partial charge is 0.394 e. The Bertz CT molecular complexity index is 297. The Hall–Kier alpha value is -1.13. The number of hydrogen-bond acceptors (Lipinski definition) is 3. The molecule has 0 saturated heterocycles. The van der Waals surface area contributed by atoms with Gasteiger partial charge in [0.15, 0.2) is 0 Å². The Labute approximate surface area is 70.0 Å². The molecule has 12 heavy (non-hydrogen) atoms. The second kappa shape index (κ2) is 3.08. The average molecular weight is 168 g/mol. The summed E-state index contributed by atoms with van der Waals surface area (Å²) in [7, 11) is 0. The molecule has 0 radical (unpaired) electrons. The first-order valence-corrected chi connectivity index (χ1v) is 3.65. The first-order chi connectivity index (χ1) is 5.56. The van der Waals surface area contributed by atoms with Crippen LogP contribution in [0.25, 0.3) is 0 Å². The van der Waals surface area contributed by atoms with Crippen LogP contribution in [-0.4, -0.2) is 16.7 Å². The molecule has 0 aliphatic heterocycles. The molecule has 1 aromatic heterocycles. The Morgan fingerprint density at radius 2 is 2.33 bits per heavy atom. The van der Waals surface area contributed by atoms with Gasteiger partial charge in [0.2, 0.25) is 5.56 Å². The summed E-state index contributed by atoms with van der Waals surface area (Å²) in [5.74, 6) is 0. The molecule has 0 fully saturated rings. The van der Waals surface area contributed by atoms with E-state index in [1.54, 1.807) is 13.0 Å². The highest BCUT2D eigenvalue weighted by atomic mass is 16.3. The lowest BCUT2D eigenvalue weighted by atomic mass is 9.96. The predicted octanol–water partition coefficient (Wildman–Crippen LogP) is -0.459. The Morgan fingerprint density at radius 3 is 2.75 bits per heavy atom. The summed E-state index contributed by atoms with van der Waals surface area (Å²) in [5.41, 5.74) is 5.47. The highest BCUT2D eigenvalue weighted by Crippen LogP contribution is 2.13. The van der Waals surface area contributed by atoms with Crippen LogP contribution in [0.1, 0.15) is 12.5 Å². The van der Waals surface area contributed by atoms with Crippen LogP contribution in [0, 0.1) is 0 Å². The zero-order chi connectivity index (χ0) is 9.19. The highest BCUT2D eigenvalue weighted by Gasteiger charge is 2.19. The minimum atomic E-state index is -0.788. The number of rotatable bonds is 2. The van der Waals surface area contributed by atoms with E-state index in [-0.39, 0.29) is 12.2 Å². The first-order valence-electron chi connectivity index (χ1n) is 3.65. The number of aliphatic hydroxyl groups excluding tert-OH is 1. The molecule has 4 N–H and O–H groups in total. The second-order valence-corrected chi connectivity index (χ2v) is 3.02. The number of nitrogens with two attached hydrogens (primary N) is 1. The number of H-pyrrole nitrogens is 1. The molecule has 0 aliphatic carbocycles. The smallest absolute Gasteiger partial charge is 0.247 e. The van der Waals surface area contributed by atoms with Crippen LogP contribution in [0.15, 0.2) is 23.1 Å². The maximum Gasteiger partial charge on any atom is 0.247 e. The van der Waals surface area contributed by atoms with Crippen molar-refractivity contribution in [3.05, 3.63) is 34.2 Å². The van der Waals surface area contributed by atoms with E-state index >= 15 is 0 Å². The molecular formula is C8H12N2O2. The lowest BCUT2D eigenvalue weighted by Gasteiger charge is -2.21. The number of nitrogens with one attached hydrogen (secondary N) is 1. The topological polar surface area (TPSA) is 79.1 Å². The third-order valence-corrected chi connectivity index (χ3v) is 1.77. The fourth-order valence-electron chi connectivity index (χ4n) is 0.857. The average Bonchev–Trinajstić information content (AvgIpc) is 2.05. The molecule has 1 unspecified atom stereocenters. The van der Waals surface area contributed by atoms with Gasteiger partial charge in [0.25, 0.3) is 0 Å². The number of aromatic nitrogens is 1. The highest BCUT2D eigenvalue weighted by molar-refractivity contribution is 5.18. The van der Waals surface area contributed by atoms with Gasteiger partial charge < -0.3 is 15.8 Å². The van der Waals surface area contributed by atoms with Crippen molar-refractivity contribution < 1.29 is 5.11 Å². The van der Waals surface area contributed by atoms with Crippen LogP contribution in [0.2, 0.25) is 0 Å². The van der Waals surface area contributed by atoms with Gasteiger partial charge in [-0.3, -0.25) is 4.79 Å². The van der Waals surface area contributed by atoms with Gasteiger partial charge in [-0.1, -0.05) is 6.07 Å². The fraction of sp³-hybridized carbons (Fsp3) is 0.375. The lowest BCUT2D eigenvalue weighted by molar-refractivity contribution is 0.210. The quantitative estimate of drug-likeness (QED) is 0.559. The van der Waals surface area contributed by atoms with Crippen molar-refractivity contribution in [2.75, 3.05) is 6.61 Å². The van der Waals surface area contributed by atoms with Crippen molar-refractivity contribution in [3.8, 4) is 0 Å². The summed E-state index contributed by atoms with van der Waals surface area (Å²) in [6, 6.07) is 2.99. The molecular weight excluding hydrogens is 156 g/mol. The molecule has 0 saturated carbocycles. The van der Waals surface area contributed by atoms with Crippen LogP contribution in [-0.2, 0) is 5.54 Å². The van der Waals surface area contributed by atoms with Gasteiger partial charge in [0.1, 0.15) is 0 Å². The maximum atomic E-state index is 10.7. The van der Waals surface area contributed by atoms with Gasteiger partial charge in [-0.25, -0.2) is 0 Å². The maximum absolute atomic E-state index is 10.7. The van der Waals surface area contributed by atoms with Gasteiger partial charge >= 0.3 is 0 Å². The summed E-state index contributed by atoms with van der Waals surface area (Å²) < 4.78 is 0. The van der Waals surface area contributed by atoms with E-state index in [1.807, 2.05) is 0 Å². The molecule has 0 amide bonds. The van der Waals surface area contributed by atoms with E-state index < -0.39 is 5.54 Å². The van der Waals surface area contributed by atoms with Gasteiger partial charge in [0, 0.05) is 12.3 Å². The van der Waals surface area contributed by atoms with Crippen LogP contribution in [0.4, 0.5) is 0 Å². The van der Waals surface area contributed by atoms with Gasteiger partial charge in [-0.15, -0.1) is 0 Å². The molecule has 4 heteroatoms. The summed E-state index contributed by atoms with van der Waals surface area (Å²) in [6.07, 6.45) is 1.51. The SMILES string of the molecule is CC(N)(CO)c1ccc(=O)[nH]c1. The summed E-state index contributed by atoms with van der Waals surface area (Å²) in [5, 5.41) is 8.90. The molecule has 1 aromatic rings. The molecule has 0 aliphatic rings. The minimum absolute atomic E-state index is 0.154. The van der Waals surface area contributed by atoms with Gasteiger partial charge in [0.05, 0.1) is 12.1 Å². The Morgan fingerprint density at radius 1 is 1.67 bits per heavy atom. The zero-order valence-electron chi connectivity index (χ0n) is 6.87. The van der Waals surface area contributed by atoms with Crippen molar-refractivity contribution >= 4 is 0 Å². The zero-order valence-corrected chi connectivity index (χ0v) is 6.87. The summed E-state index contributed by atoms with van der Waals surface area (Å²) in [4.78, 5) is 13.2. The van der Waals surface area contributed by atoms with Crippen LogP contribution < -0.4 is 11.3 Å². The molecule has 1 atom stereocenters. The van der Waals surface area contributed by atoms with E-state index in [4.69, 9.17) is 10.8 Å². The molecule has 0 aromatic carbocycles. The third kappa shape index (κ3) is 1.72. The predicted molar refractivity (Wildman–Crippen MR) is 45.7 cm³/mol. The first kappa shape index (κ1) is 8.96. The van der Waals surface area contributed by atoms with E-state index in [2.05, 4.69) is 4.98 Å². The molecule has 4 nitrogen and oxygen atoms in total. The second-order valence-electron chi connectivity index (χ2n) is 3.02. The number of aliphatic hydroxyl groups is 1. The van der Waals surface area contributed by atoms with Crippen LogP contribution in [0.5, 0.6) is 0 Å². The van der Waals surface area contributed by atoms with Crippen molar-refractivity contribution in [1.82, 2.24) is 4.98 Å². The lowest BCUT2D eigenvalue weighted by Crippen LogP contribution is -2.37. The van der Waals surface area contributed by atoms with Crippen LogP contribution in [0.3, 0.4) is 0 Å². The van der Waals surface area contributed by atoms with Gasteiger partial charge in [-0.2, -0.15) is 0 Å². The van der Waals surface area contributed by atoms with Crippen LogP contribution >= 0.6 is 0 Å². The molecule has 0 bridgehead atoms. The van der Waals surface area contributed by atoms with Gasteiger partial charge in [-0.05, 0) is 12.5 Å². The normalized spacial score (nSPS) is 15.6. The molecule has 1 rings (SSSR count). The van der Waals surface area contributed by atoms with E-state index in [1.165, 1.54) is 12.3 Å². The van der Waals surface area contributed by atoms with E-state index in [0.29, 0.717) is 5.56 Å². The number of pyridine rings is 1. The number of hydrogen-bond donors (Lipinski definition) is 3. The number of aromatic amines is 1. The monoisotopic (exact) mass is 168 g/mol. The van der Waals surface area contributed by atoms with Crippen molar-refractivity contribution in [2.45, 2.75) is 12.5 Å². The summed E-state index contributed by atoms with van der Waals surface area (Å²) in [6.45, 7) is 1.54.